The largest absolute Gasteiger partial charge is 0.354 e. The molecule has 0 bridgehead atoms. The zero-order chi connectivity index (χ0) is 22.2. The summed E-state index contributed by atoms with van der Waals surface area (Å²) in [6, 6.07) is 8.93. The van der Waals surface area contributed by atoms with E-state index in [9.17, 15) is 13.2 Å². The SMILES string of the molecule is Cc1ccc(C)c(NS(=O)(=O)c2ccc(/C=C/c3onc(C)c3NC(=O)C3CC3)s2)c1. The van der Waals surface area contributed by atoms with Gasteiger partial charge in [-0.2, -0.15) is 0 Å². The Hall–Kier alpha value is -2.91. The maximum atomic E-state index is 12.8. The van der Waals surface area contributed by atoms with E-state index < -0.39 is 10.0 Å². The number of sulfonamides is 1. The molecule has 0 radical (unpaired) electrons. The lowest BCUT2D eigenvalue weighted by molar-refractivity contribution is -0.117. The van der Waals surface area contributed by atoms with Gasteiger partial charge >= 0.3 is 0 Å². The van der Waals surface area contributed by atoms with Crippen LogP contribution in [-0.4, -0.2) is 19.5 Å². The number of nitrogens with one attached hydrogen (secondary N) is 2. The van der Waals surface area contributed by atoms with Gasteiger partial charge in [-0.15, -0.1) is 11.3 Å². The zero-order valence-electron chi connectivity index (χ0n) is 17.4. The lowest BCUT2D eigenvalue weighted by Crippen LogP contribution is -2.14. The van der Waals surface area contributed by atoms with Gasteiger partial charge in [-0.1, -0.05) is 17.3 Å². The molecule has 2 heterocycles. The van der Waals surface area contributed by atoms with E-state index in [0.717, 1.165) is 40.2 Å². The summed E-state index contributed by atoms with van der Waals surface area (Å²) in [5, 5.41) is 6.80. The van der Waals surface area contributed by atoms with Crippen LogP contribution in [0.15, 0.2) is 39.1 Å². The van der Waals surface area contributed by atoms with Crippen LogP contribution in [0.1, 0.15) is 40.3 Å². The Kier molecular flexibility index (Phi) is 5.72. The fraction of sp³-hybridized carbons (Fsp3) is 0.273. The van der Waals surface area contributed by atoms with Gasteiger partial charge in [0.2, 0.25) is 5.91 Å². The molecular weight excluding hydrogens is 434 g/mol. The van der Waals surface area contributed by atoms with E-state index in [4.69, 9.17) is 4.52 Å². The molecule has 162 valence electrons. The molecule has 1 aliphatic carbocycles. The molecule has 0 aliphatic heterocycles. The van der Waals surface area contributed by atoms with Crippen LogP contribution in [-0.2, 0) is 14.8 Å². The normalized spacial score (nSPS) is 14.2. The van der Waals surface area contributed by atoms with Crippen LogP contribution in [0, 0.1) is 26.7 Å². The zero-order valence-corrected chi connectivity index (χ0v) is 19.1. The number of amides is 1. The van der Waals surface area contributed by atoms with Crippen LogP contribution in [0.2, 0.25) is 0 Å². The van der Waals surface area contributed by atoms with Gasteiger partial charge in [0.15, 0.2) is 5.76 Å². The molecule has 0 atom stereocenters. The Balaban J connectivity index is 1.51. The van der Waals surface area contributed by atoms with E-state index in [1.165, 1.54) is 0 Å². The van der Waals surface area contributed by atoms with Gasteiger partial charge < -0.3 is 9.84 Å². The summed E-state index contributed by atoms with van der Waals surface area (Å²) in [4.78, 5) is 12.8. The molecule has 1 amide bonds. The summed E-state index contributed by atoms with van der Waals surface area (Å²) < 4.78 is 33.8. The van der Waals surface area contributed by atoms with Crippen molar-refractivity contribution >= 4 is 50.8 Å². The number of aryl methyl sites for hydroxylation is 3. The predicted molar refractivity (Wildman–Crippen MR) is 123 cm³/mol. The maximum Gasteiger partial charge on any atom is 0.271 e. The molecule has 9 heteroatoms. The van der Waals surface area contributed by atoms with Gasteiger partial charge in [-0.25, -0.2) is 8.42 Å². The number of nitrogens with zero attached hydrogens (tertiary/aromatic N) is 1. The first kappa shape index (κ1) is 21.3. The van der Waals surface area contributed by atoms with Gasteiger partial charge in [0, 0.05) is 10.8 Å². The highest BCUT2D eigenvalue weighted by Crippen LogP contribution is 2.32. The van der Waals surface area contributed by atoms with Crippen LogP contribution in [0.3, 0.4) is 0 Å². The minimum atomic E-state index is -3.70. The standard InChI is InChI=1S/C22H23N3O4S2/c1-13-4-5-14(2)18(12-13)25-31(27,28)20-11-9-17(30-20)8-10-19-21(15(3)24-29-19)23-22(26)16-6-7-16/h4-5,8-12,16,25H,6-7H2,1-3H3,(H,23,26)/b10-8+. The highest BCUT2D eigenvalue weighted by atomic mass is 32.2. The second-order valence-electron chi connectivity index (χ2n) is 7.68. The molecule has 3 aromatic rings. The van der Waals surface area contributed by atoms with E-state index in [1.54, 1.807) is 31.2 Å². The average molecular weight is 458 g/mol. The summed E-state index contributed by atoms with van der Waals surface area (Å²) >= 11 is 1.14. The molecule has 2 N–H and O–H groups in total. The Morgan fingerprint density at radius 2 is 1.94 bits per heavy atom. The van der Waals surface area contributed by atoms with Crippen molar-refractivity contribution in [2.45, 2.75) is 37.8 Å². The molecule has 1 saturated carbocycles. The first-order valence-electron chi connectivity index (χ1n) is 9.88. The Morgan fingerprint density at radius 3 is 2.68 bits per heavy atom. The minimum absolute atomic E-state index is 0.0250. The number of carbonyl (C=O) groups excluding carboxylic acids is 1. The van der Waals surface area contributed by atoms with E-state index in [0.29, 0.717) is 22.8 Å². The number of benzene rings is 1. The Labute approximate surface area is 185 Å². The number of aromatic nitrogens is 1. The van der Waals surface area contributed by atoms with E-state index >= 15 is 0 Å². The molecule has 4 rings (SSSR count). The van der Waals surface area contributed by atoms with Crippen molar-refractivity contribution in [3.05, 3.63) is 57.8 Å². The summed E-state index contributed by atoms with van der Waals surface area (Å²) in [7, 11) is -3.70. The van der Waals surface area contributed by atoms with Crippen molar-refractivity contribution in [2.24, 2.45) is 5.92 Å². The molecular formula is C22H23N3O4S2. The van der Waals surface area contributed by atoms with E-state index in [-0.39, 0.29) is 16.0 Å². The van der Waals surface area contributed by atoms with Crippen LogP contribution in [0.5, 0.6) is 0 Å². The van der Waals surface area contributed by atoms with Crippen LogP contribution in [0.4, 0.5) is 11.4 Å². The van der Waals surface area contributed by atoms with Gasteiger partial charge in [-0.05, 0) is 75.1 Å². The van der Waals surface area contributed by atoms with Crippen LogP contribution in [0.25, 0.3) is 12.2 Å². The number of carbonyl (C=O) groups is 1. The number of thiophene rings is 1. The van der Waals surface area contributed by atoms with Gasteiger partial charge in [0.05, 0.1) is 5.69 Å². The quantitative estimate of drug-likeness (QED) is 0.521. The van der Waals surface area contributed by atoms with Crippen molar-refractivity contribution in [1.29, 1.82) is 0 Å². The molecule has 7 nitrogen and oxygen atoms in total. The topological polar surface area (TPSA) is 101 Å². The molecule has 1 aromatic carbocycles. The second-order valence-corrected chi connectivity index (χ2v) is 10.7. The summed E-state index contributed by atoms with van der Waals surface area (Å²) in [5.41, 5.74) is 3.55. The molecule has 2 aromatic heterocycles. The summed E-state index contributed by atoms with van der Waals surface area (Å²) in [5.74, 6) is 0.474. The fourth-order valence-electron chi connectivity index (χ4n) is 2.99. The molecule has 1 aliphatic rings. The summed E-state index contributed by atoms with van der Waals surface area (Å²) in [6.45, 7) is 5.54. The number of hydrogen-bond donors (Lipinski definition) is 2. The third kappa shape index (κ3) is 4.88. The Morgan fingerprint density at radius 1 is 1.16 bits per heavy atom. The third-order valence-corrected chi connectivity index (χ3v) is 7.90. The predicted octanol–water partition coefficient (Wildman–Crippen LogP) is 4.98. The van der Waals surface area contributed by atoms with Crippen molar-refractivity contribution in [3.8, 4) is 0 Å². The monoisotopic (exact) mass is 457 g/mol. The second kappa shape index (κ2) is 8.32. The molecule has 0 saturated heterocycles. The van der Waals surface area contributed by atoms with Gasteiger partial charge in [0.25, 0.3) is 10.0 Å². The van der Waals surface area contributed by atoms with Gasteiger partial charge in [-0.3, -0.25) is 9.52 Å². The average Bonchev–Trinajstić information content (AvgIpc) is 3.36. The highest BCUT2D eigenvalue weighted by Gasteiger charge is 2.30. The van der Waals surface area contributed by atoms with Crippen molar-refractivity contribution < 1.29 is 17.7 Å². The van der Waals surface area contributed by atoms with E-state index in [2.05, 4.69) is 15.2 Å². The van der Waals surface area contributed by atoms with Crippen molar-refractivity contribution in [2.75, 3.05) is 10.0 Å². The van der Waals surface area contributed by atoms with Gasteiger partial charge in [0.1, 0.15) is 15.6 Å². The first-order chi connectivity index (χ1) is 14.7. The first-order valence-corrected chi connectivity index (χ1v) is 12.2. The lowest BCUT2D eigenvalue weighted by atomic mass is 10.1. The van der Waals surface area contributed by atoms with Crippen LogP contribution >= 0.6 is 11.3 Å². The Bertz CT molecular complexity index is 1270. The number of anilines is 2. The van der Waals surface area contributed by atoms with Crippen molar-refractivity contribution in [1.82, 2.24) is 5.16 Å². The fourth-order valence-corrected chi connectivity index (χ4v) is 5.34. The van der Waals surface area contributed by atoms with E-state index in [1.807, 2.05) is 32.0 Å². The number of rotatable bonds is 7. The smallest absolute Gasteiger partial charge is 0.271 e. The van der Waals surface area contributed by atoms with Crippen LogP contribution < -0.4 is 10.0 Å². The van der Waals surface area contributed by atoms with Crippen molar-refractivity contribution in [3.63, 3.8) is 0 Å². The maximum absolute atomic E-state index is 12.8. The molecule has 31 heavy (non-hydrogen) atoms. The molecule has 0 unspecified atom stereocenters. The number of hydrogen-bond acceptors (Lipinski definition) is 6. The lowest BCUT2D eigenvalue weighted by Gasteiger charge is -2.10. The molecule has 1 fully saturated rings. The molecule has 0 spiro atoms. The third-order valence-electron chi connectivity index (χ3n) is 4.99. The summed E-state index contributed by atoms with van der Waals surface area (Å²) in [6.07, 6.45) is 5.24. The minimum Gasteiger partial charge on any atom is -0.354 e. The highest BCUT2D eigenvalue weighted by molar-refractivity contribution is 7.94.